The van der Waals surface area contributed by atoms with Crippen molar-refractivity contribution in [2.24, 2.45) is 0 Å². The molecule has 2 fully saturated rings. The normalized spacial score (nSPS) is 27.7. The van der Waals surface area contributed by atoms with Crippen LogP contribution in [0.4, 0.5) is 0 Å². The number of aliphatic hydroxyl groups is 1. The van der Waals surface area contributed by atoms with E-state index >= 15 is 0 Å². The summed E-state index contributed by atoms with van der Waals surface area (Å²) >= 11 is 0. The lowest BCUT2D eigenvalue weighted by atomic mass is 9.73. The van der Waals surface area contributed by atoms with Crippen LogP contribution < -0.4 is 10.1 Å². The molecule has 0 aromatic heterocycles. The minimum absolute atomic E-state index is 0.107. The van der Waals surface area contributed by atoms with Gasteiger partial charge in [0.25, 0.3) is 0 Å². The van der Waals surface area contributed by atoms with Gasteiger partial charge in [0.2, 0.25) is 0 Å². The number of benzene rings is 1. The summed E-state index contributed by atoms with van der Waals surface area (Å²) in [4.78, 5) is 2.47. The van der Waals surface area contributed by atoms with Gasteiger partial charge in [-0.2, -0.15) is 0 Å². The Morgan fingerprint density at radius 1 is 1.20 bits per heavy atom. The Morgan fingerprint density at radius 2 is 2.08 bits per heavy atom. The molecule has 4 heteroatoms. The van der Waals surface area contributed by atoms with Crippen molar-refractivity contribution in [1.82, 2.24) is 10.2 Å². The summed E-state index contributed by atoms with van der Waals surface area (Å²) in [6.07, 6.45) is 9.63. The van der Waals surface area contributed by atoms with Gasteiger partial charge in [0.05, 0.1) is 6.61 Å². The average molecular weight is 344 g/mol. The van der Waals surface area contributed by atoms with Gasteiger partial charge in [0.15, 0.2) is 0 Å². The van der Waals surface area contributed by atoms with E-state index in [-0.39, 0.29) is 5.60 Å². The molecule has 2 N–H and O–H groups in total. The lowest BCUT2D eigenvalue weighted by molar-refractivity contribution is -0.0368. The first-order chi connectivity index (χ1) is 12.3. The second-order valence-electron chi connectivity index (χ2n) is 8.11. The highest BCUT2D eigenvalue weighted by Gasteiger charge is 2.45. The fraction of sp³-hybridized carbons (Fsp3) is 0.714. The van der Waals surface area contributed by atoms with Gasteiger partial charge in [0, 0.05) is 24.1 Å². The Kier molecular flexibility index (Phi) is 5.30. The van der Waals surface area contributed by atoms with Gasteiger partial charge in [-0.05, 0) is 70.6 Å². The lowest BCUT2D eigenvalue weighted by Crippen LogP contribution is -2.49. The molecule has 1 aliphatic carbocycles. The third-order valence-electron chi connectivity index (χ3n) is 6.43. The Bertz CT molecular complexity index is 573. The van der Waals surface area contributed by atoms with E-state index < -0.39 is 0 Å². The smallest absolute Gasteiger partial charge is 0.124 e. The van der Waals surface area contributed by atoms with Crippen LogP contribution in [-0.4, -0.2) is 47.9 Å². The highest BCUT2D eigenvalue weighted by Crippen LogP contribution is 2.48. The molecule has 2 aliphatic heterocycles. The first-order valence-corrected chi connectivity index (χ1v) is 10.2. The zero-order valence-electron chi connectivity index (χ0n) is 15.3. The number of aliphatic hydroxyl groups excluding tert-OH is 1. The van der Waals surface area contributed by atoms with Gasteiger partial charge in [-0.15, -0.1) is 0 Å². The maximum atomic E-state index is 9.41. The van der Waals surface area contributed by atoms with E-state index in [2.05, 4.69) is 34.5 Å². The van der Waals surface area contributed by atoms with Gasteiger partial charge in [-0.1, -0.05) is 18.2 Å². The van der Waals surface area contributed by atoms with Crippen molar-refractivity contribution < 1.29 is 9.84 Å². The number of unbranched alkanes of at least 4 members (excludes halogenated alkanes) is 1. The number of fused-ring (bicyclic) bond motifs is 1. The summed E-state index contributed by atoms with van der Waals surface area (Å²) in [5, 5.41) is 13.2. The quantitative estimate of drug-likeness (QED) is 0.745. The fourth-order valence-corrected chi connectivity index (χ4v) is 4.79. The zero-order valence-corrected chi connectivity index (χ0v) is 15.3. The average Bonchev–Trinajstić information content (AvgIpc) is 3.07. The van der Waals surface area contributed by atoms with E-state index in [4.69, 9.17) is 4.74 Å². The number of nitrogens with zero attached hydrogens (tertiary/aromatic N) is 1. The minimum atomic E-state index is 0.107. The van der Waals surface area contributed by atoms with Gasteiger partial charge in [-0.25, -0.2) is 0 Å². The van der Waals surface area contributed by atoms with E-state index in [1.54, 1.807) is 0 Å². The van der Waals surface area contributed by atoms with Crippen LogP contribution in [-0.2, 0) is 0 Å². The van der Waals surface area contributed by atoms with Crippen LogP contribution in [0.1, 0.15) is 63.0 Å². The molecule has 0 radical (unpaired) electrons. The van der Waals surface area contributed by atoms with Crippen molar-refractivity contribution in [1.29, 1.82) is 0 Å². The van der Waals surface area contributed by atoms with E-state index in [9.17, 15) is 5.11 Å². The molecule has 0 unspecified atom stereocenters. The van der Waals surface area contributed by atoms with Crippen molar-refractivity contribution in [3.8, 4) is 5.75 Å². The molecule has 0 bridgehead atoms. The van der Waals surface area contributed by atoms with Crippen LogP contribution in [0.5, 0.6) is 5.75 Å². The molecule has 3 aliphatic rings. The van der Waals surface area contributed by atoms with E-state index in [0.29, 0.717) is 18.7 Å². The molecule has 1 aromatic rings. The number of hydrogen-bond donors (Lipinski definition) is 2. The second-order valence-corrected chi connectivity index (χ2v) is 8.11. The number of para-hydroxylation sites is 1. The van der Waals surface area contributed by atoms with Crippen LogP contribution in [0.25, 0.3) is 0 Å². The van der Waals surface area contributed by atoms with E-state index in [1.165, 1.54) is 44.1 Å². The van der Waals surface area contributed by atoms with Crippen molar-refractivity contribution >= 4 is 0 Å². The molecule has 25 heavy (non-hydrogen) atoms. The van der Waals surface area contributed by atoms with Crippen molar-refractivity contribution in [3.63, 3.8) is 0 Å². The van der Waals surface area contributed by atoms with Crippen LogP contribution in [0.3, 0.4) is 0 Å². The fourth-order valence-electron chi connectivity index (χ4n) is 4.79. The molecule has 2 atom stereocenters. The highest BCUT2D eigenvalue weighted by atomic mass is 16.5. The maximum Gasteiger partial charge on any atom is 0.124 e. The number of likely N-dealkylation sites (tertiary alicyclic amines) is 1. The molecule has 138 valence electrons. The number of hydrogen-bond acceptors (Lipinski definition) is 4. The van der Waals surface area contributed by atoms with Crippen molar-refractivity contribution in [2.45, 2.75) is 69.1 Å². The molecule has 4 nitrogen and oxygen atoms in total. The molecule has 0 amide bonds. The van der Waals surface area contributed by atoms with Crippen LogP contribution >= 0.6 is 0 Å². The predicted molar refractivity (Wildman–Crippen MR) is 99.9 cm³/mol. The van der Waals surface area contributed by atoms with E-state index in [1.807, 2.05) is 0 Å². The zero-order chi connectivity index (χ0) is 17.1. The topological polar surface area (TPSA) is 44.7 Å². The molecule has 1 saturated heterocycles. The molecular formula is C21H32N2O2. The van der Waals surface area contributed by atoms with Crippen LogP contribution in [0.15, 0.2) is 24.3 Å². The first-order valence-electron chi connectivity index (χ1n) is 10.2. The Morgan fingerprint density at radius 3 is 2.88 bits per heavy atom. The highest BCUT2D eigenvalue weighted by molar-refractivity contribution is 5.39. The van der Waals surface area contributed by atoms with Gasteiger partial charge < -0.3 is 15.2 Å². The number of nitrogens with one attached hydrogen (secondary N) is 1. The lowest BCUT2D eigenvalue weighted by Gasteiger charge is -2.48. The summed E-state index contributed by atoms with van der Waals surface area (Å²) in [6.45, 7) is 3.67. The molecular weight excluding hydrogens is 312 g/mol. The minimum Gasteiger partial charge on any atom is -0.487 e. The number of ether oxygens (including phenoxy) is 1. The van der Waals surface area contributed by atoms with Crippen molar-refractivity contribution in [2.75, 3.05) is 26.2 Å². The van der Waals surface area contributed by atoms with Crippen LogP contribution in [0.2, 0.25) is 0 Å². The SMILES string of the molecule is OC[C@@H]1CCCN1CCCCN[C@H]1CC2(CCC2)Oc2ccccc21. The summed E-state index contributed by atoms with van der Waals surface area (Å²) < 4.78 is 6.33. The monoisotopic (exact) mass is 344 g/mol. The van der Waals surface area contributed by atoms with E-state index in [0.717, 1.165) is 38.2 Å². The summed E-state index contributed by atoms with van der Waals surface area (Å²) in [7, 11) is 0. The first kappa shape index (κ1) is 17.3. The summed E-state index contributed by atoms with van der Waals surface area (Å²) in [5.74, 6) is 1.09. The largest absolute Gasteiger partial charge is 0.487 e. The predicted octanol–water partition coefficient (Wildman–Crippen LogP) is 3.26. The maximum absolute atomic E-state index is 9.41. The molecule has 1 saturated carbocycles. The van der Waals surface area contributed by atoms with Gasteiger partial charge in [0.1, 0.15) is 11.4 Å². The molecule has 1 aromatic carbocycles. The molecule has 1 spiro atoms. The second kappa shape index (κ2) is 7.65. The summed E-state index contributed by atoms with van der Waals surface area (Å²) in [5.41, 5.74) is 1.44. The Balaban J connectivity index is 1.26. The van der Waals surface area contributed by atoms with Crippen molar-refractivity contribution in [3.05, 3.63) is 29.8 Å². The van der Waals surface area contributed by atoms with Gasteiger partial charge in [-0.3, -0.25) is 4.90 Å². The Labute approximate surface area is 151 Å². The summed E-state index contributed by atoms with van der Waals surface area (Å²) in [6, 6.07) is 9.40. The molecule has 4 rings (SSSR count). The standard InChI is InChI=1S/C21H32N2O2/c24-16-17-7-5-14-23(17)13-4-3-12-22-19-15-21(10-6-11-21)25-20-9-2-1-8-18(19)20/h1-2,8-9,17,19,22,24H,3-7,10-16H2/t17-,19-/m0/s1. The number of rotatable bonds is 7. The molecule has 2 heterocycles. The van der Waals surface area contributed by atoms with Gasteiger partial charge >= 0.3 is 0 Å². The third-order valence-corrected chi connectivity index (χ3v) is 6.43. The Hall–Kier alpha value is -1.10. The van der Waals surface area contributed by atoms with Crippen LogP contribution in [0, 0.1) is 0 Å². The third kappa shape index (κ3) is 3.71.